The first kappa shape index (κ1) is 22.5. The molecule has 1 amide bonds. The zero-order valence-corrected chi connectivity index (χ0v) is 17.9. The van der Waals surface area contributed by atoms with E-state index in [4.69, 9.17) is 27.9 Å². The summed E-state index contributed by atoms with van der Waals surface area (Å²) in [6, 6.07) is 7.60. The van der Waals surface area contributed by atoms with Crippen LogP contribution in [-0.2, 0) is 11.0 Å². The number of aromatic nitrogens is 1. The van der Waals surface area contributed by atoms with Crippen molar-refractivity contribution < 1.29 is 22.7 Å². The minimum absolute atomic E-state index is 0.0731. The number of hydrogen-bond acceptors (Lipinski definition) is 4. The molecular weight excluding hydrogens is 442 g/mol. The fraction of sp³-hybridized carbons (Fsp3) is 0.400. The van der Waals surface area contributed by atoms with Crippen LogP contribution >= 0.6 is 23.2 Å². The number of rotatable bonds is 4. The predicted octanol–water partition coefficient (Wildman–Crippen LogP) is 4.91. The number of carbonyl (C=O) groups excluding carboxylic acids is 1. The summed E-state index contributed by atoms with van der Waals surface area (Å²) in [7, 11) is 0. The van der Waals surface area contributed by atoms with Crippen LogP contribution in [0.25, 0.3) is 0 Å². The van der Waals surface area contributed by atoms with Gasteiger partial charge in [-0.05, 0) is 44.2 Å². The van der Waals surface area contributed by atoms with Gasteiger partial charge in [0.05, 0.1) is 10.6 Å². The number of halogens is 5. The van der Waals surface area contributed by atoms with Crippen molar-refractivity contribution in [1.29, 1.82) is 0 Å². The summed E-state index contributed by atoms with van der Waals surface area (Å²) in [4.78, 5) is 20.3. The molecule has 0 N–H and O–H groups in total. The molecule has 2 aromatic rings. The van der Waals surface area contributed by atoms with Crippen LogP contribution in [0.15, 0.2) is 36.5 Å². The van der Waals surface area contributed by atoms with Gasteiger partial charge in [0.2, 0.25) is 0 Å². The van der Waals surface area contributed by atoms with Crippen LogP contribution in [0.2, 0.25) is 10.0 Å². The first-order valence-corrected chi connectivity index (χ1v) is 9.94. The summed E-state index contributed by atoms with van der Waals surface area (Å²) in [5.74, 6) is 0.606. The molecule has 5 nitrogen and oxygen atoms in total. The fourth-order valence-electron chi connectivity index (χ4n) is 3.16. The molecule has 1 aromatic heterocycles. The van der Waals surface area contributed by atoms with Gasteiger partial charge < -0.3 is 14.5 Å². The third-order valence-electron chi connectivity index (χ3n) is 4.72. The zero-order valence-electron chi connectivity index (χ0n) is 16.3. The molecule has 0 saturated carbocycles. The highest BCUT2D eigenvalue weighted by Gasteiger charge is 2.36. The molecular formula is C20H20Cl2F3N3O2. The maximum Gasteiger partial charge on any atom is 0.417 e. The van der Waals surface area contributed by atoms with Gasteiger partial charge in [-0.2, -0.15) is 13.2 Å². The smallest absolute Gasteiger partial charge is 0.417 e. The Balaban J connectivity index is 1.63. The molecule has 3 rings (SSSR count). The van der Waals surface area contributed by atoms with Crippen LogP contribution in [-0.4, -0.2) is 47.6 Å². The SMILES string of the molecule is CC(C)(Oc1ccc(Cl)cc1)C(=O)N1CCN(c2ncc(C(F)(F)F)cc2Cl)CC1. The van der Waals surface area contributed by atoms with Crippen molar-refractivity contribution in [2.75, 3.05) is 31.1 Å². The Labute approximate surface area is 182 Å². The van der Waals surface area contributed by atoms with Gasteiger partial charge in [0.25, 0.3) is 5.91 Å². The summed E-state index contributed by atoms with van der Waals surface area (Å²) < 4.78 is 44.2. The van der Waals surface area contributed by atoms with Gasteiger partial charge >= 0.3 is 6.18 Å². The third-order valence-corrected chi connectivity index (χ3v) is 5.25. The van der Waals surface area contributed by atoms with Crippen LogP contribution in [0.4, 0.5) is 19.0 Å². The molecule has 1 aliphatic heterocycles. The van der Waals surface area contributed by atoms with Crippen LogP contribution in [0, 0.1) is 0 Å². The number of piperazine rings is 1. The molecule has 30 heavy (non-hydrogen) atoms. The topological polar surface area (TPSA) is 45.7 Å². The van der Waals surface area contributed by atoms with Crippen molar-refractivity contribution in [2.45, 2.75) is 25.6 Å². The number of alkyl halides is 3. The number of amides is 1. The van der Waals surface area contributed by atoms with Crippen molar-refractivity contribution in [1.82, 2.24) is 9.88 Å². The molecule has 1 aliphatic rings. The highest BCUT2D eigenvalue weighted by atomic mass is 35.5. The van der Waals surface area contributed by atoms with Crippen molar-refractivity contribution in [2.24, 2.45) is 0 Å². The molecule has 0 bridgehead atoms. The number of benzene rings is 1. The standard InChI is InChI=1S/C20H20Cl2F3N3O2/c1-19(2,30-15-5-3-14(21)4-6-15)18(29)28-9-7-27(8-10-28)17-16(22)11-13(12-26-17)20(23,24)25/h3-6,11-12H,7-10H2,1-2H3. The van der Waals surface area contributed by atoms with Crippen LogP contribution in [0.1, 0.15) is 19.4 Å². The summed E-state index contributed by atoms with van der Waals surface area (Å²) in [6.45, 7) is 4.88. The lowest BCUT2D eigenvalue weighted by Crippen LogP contribution is -2.56. The minimum Gasteiger partial charge on any atom is -0.478 e. The highest BCUT2D eigenvalue weighted by molar-refractivity contribution is 6.33. The van der Waals surface area contributed by atoms with E-state index in [9.17, 15) is 18.0 Å². The summed E-state index contributed by atoms with van der Waals surface area (Å²) >= 11 is 11.9. The van der Waals surface area contributed by atoms with Gasteiger partial charge in [-0.15, -0.1) is 0 Å². The Bertz CT molecular complexity index is 913. The lowest BCUT2D eigenvalue weighted by molar-refractivity contribution is -0.145. The van der Waals surface area contributed by atoms with Crippen LogP contribution in [0.5, 0.6) is 5.75 Å². The predicted molar refractivity (Wildman–Crippen MR) is 109 cm³/mol. The van der Waals surface area contributed by atoms with E-state index < -0.39 is 17.3 Å². The van der Waals surface area contributed by atoms with E-state index in [2.05, 4.69) is 4.98 Å². The molecule has 10 heteroatoms. The number of nitrogens with zero attached hydrogens (tertiary/aromatic N) is 3. The molecule has 0 atom stereocenters. The average molecular weight is 462 g/mol. The molecule has 2 heterocycles. The number of pyridine rings is 1. The van der Waals surface area contributed by atoms with E-state index in [0.29, 0.717) is 37.0 Å². The average Bonchev–Trinajstić information content (AvgIpc) is 2.68. The number of ether oxygens (including phenoxy) is 1. The molecule has 0 unspecified atom stereocenters. The van der Waals surface area contributed by atoms with Gasteiger partial charge in [0.15, 0.2) is 5.60 Å². The van der Waals surface area contributed by atoms with E-state index in [1.165, 1.54) is 0 Å². The number of hydrogen-bond donors (Lipinski definition) is 0. The lowest BCUT2D eigenvalue weighted by atomic mass is 10.1. The van der Waals surface area contributed by atoms with Crippen molar-refractivity contribution in [3.05, 3.63) is 52.1 Å². The molecule has 162 valence electrons. The third kappa shape index (κ3) is 5.10. The summed E-state index contributed by atoms with van der Waals surface area (Å²) in [5.41, 5.74) is -1.99. The van der Waals surface area contributed by atoms with Gasteiger partial charge in [-0.1, -0.05) is 23.2 Å². The monoisotopic (exact) mass is 461 g/mol. The van der Waals surface area contributed by atoms with Gasteiger partial charge in [0.1, 0.15) is 11.6 Å². The molecule has 1 aromatic carbocycles. The maximum atomic E-state index is 12.9. The van der Waals surface area contributed by atoms with E-state index in [-0.39, 0.29) is 16.7 Å². The Hall–Kier alpha value is -2.19. The van der Waals surface area contributed by atoms with E-state index in [1.807, 2.05) is 0 Å². The Morgan fingerprint density at radius 1 is 1.07 bits per heavy atom. The second-order valence-corrected chi connectivity index (χ2v) is 8.22. The second-order valence-electron chi connectivity index (χ2n) is 7.37. The number of carbonyl (C=O) groups is 1. The van der Waals surface area contributed by atoms with Crippen molar-refractivity contribution in [3.63, 3.8) is 0 Å². The summed E-state index contributed by atoms with van der Waals surface area (Å²) in [5, 5.41) is 0.495. The first-order chi connectivity index (χ1) is 14.0. The molecule has 0 aliphatic carbocycles. The Kier molecular flexibility index (Phi) is 6.38. The fourth-order valence-corrected chi connectivity index (χ4v) is 3.57. The highest BCUT2D eigenvalue weighted by Crippen LogP contribution is 2.34. The summed E-state index contributed by atoms with van der Waals surface area (Å²) in [6.07, 6.45) is -3.74. The molecule has 0 spiro atoms. The minimum atomic E-state index is -4.50. The van der Waals surface area contributed by atoms with E-state index in [0.717, 1.165) is 12.3 Å². The largest absolute Gasteiger partial charge is 0.478 e. The van der Waals surface area contributed by atoms with Crippen molar-refractivity contribution in [3.8, 4) is 5.75 Å². The van der Waals surface area contributed by atoms with Gasteiger partial charge in [-0.25, -0.2) is 4.98 Å². The van der Waals surface area contributed by atoms with E-state index >= 15 is 0 Å². The van der Waals surface area contributed by atoms with E-state index in [1.54, 1.807) is 47.9 Å². The van der Waals surface area contributed by atoms with Gasteiger partial charge in [-0.3, -0.25) is 4.79 Å². The van der Waals surface area contributed by atoms with Crippen LogP contribution in [0.3, 0.4) is 0 Å². The van der Waals surface area contributed by atoms with Crippen molar-refractivity contribution >= 4 is 34.9 Å². The second kappa shape index (κ2) is 8.51. The normalized spacial score (nSPS) is 15.3. The van der Waals surface area contributed by atoms with Crippen LogP contribution < -0.4 is 9.64 Å². The Morgan fingerprint density at radius 2 is 1.67 bits per heavy atom. The Morgan fingerprint density at radius 3 is 2.20 bits per heavy atom. The number of anilines is 1. The quantitative estimate of drug-likeness (QED) is 0.648. The maximum absolute atomic E-state index is 12.9. The lowest BCUT2D eigenvalue weighted by Gasteiger charge is -2.39. The zero-order chi connectivity index (χ0) is 22.1. The molecule has 1 fully saturated rings. The van der Waals surface area contributed by atoms with Gasteiger partial charge in [0, 0.05) is 37.4 Å². The molecule has 1 saturated heterocycles. The molecule has 0 radical (unpaired) electrons. The first-order valence-electron chi connectivity index (χ1n) is 9.19.